The third-order valence-electron chi connectivity index (χ3n) is 6.53. The van der Waals surface area contributed by atoms with Crippen LogP contribution < -0.4 is 15.4 Å². The minimum absolute atomic E-state index is 0. The number of anilines is 1. The van der Waals surface area contributed by atoms with Crippen molar-refractivity contribution in [3.63, 3.8) is 0 Å². The van der Waals surface area contributed by atoms with E-state index in [1.165, 1.54) is 12.8 Å². The normalized spacial score (nSPS) is 22.3. The molecule has 6 rings (SSSR count). The third-order valence-corrected chi connectivity index (χ3v) is 6.92. The maximum Gasteiger partial charge on any atom is 0.232 e. The number of aromatic amines is 1. The smallest absolute Gasteiger partial charge is 0.232 e. The Morgan fingerprint density at radius 2 is 1.84 bits per heavy atom. The second kappa shape index (κ2) is 8.03. The Bertz CT molecular complexity index is 1300. The van der Waals surface area contributed by atoms with Crippen molar-refractivity contribution in [1.29, 1.82) is 0 Å². The van der Waals surface area contributed by atoms with E-state index >= 15 is 0 Å². The predicted octanol–water partition coefficient (Wildman–Crippen LogP) is 4.11. The van der Waals surface area contributed by atoms with Crippen LogP contribution >= 0.6 is 24.0 Å². The van der Waals surface area contributed by atoms with Crippen LogP contribution in [0, 0.1) is 0 Å². The van der Waals surface area contributed by atoms with Gasteiger partial charge in [0.1, 0.15) is 16.9 Å². The van der Waals surface area contributed by atoms with Crippen LogP contribution in [0.15, 0.2) is 30.7 Å². The standard InChI is InChI=1S/C22H22ClN7O.ClH/c1-31-18-10-25-16-5-4-14(19(23)21(16)29-18)15-8-27-22-20(15)26-9-17(28-22)30-12-2-3-13(30)7-11(24)6-12;/h4-5,8-13H,2-3,6-7,24H2,1H3,(H,27,28);1H. The number of halogens is 2. The first-order chi connectivity index (χ1) is 15.1. The van der Waals surface area contributed by atoms with Crippen molar-refractivity contribution >= 4 is 52.0 Å². The SMILES string of the molecule is COc1cnc2ccc(-c3c[nH]c4nc(N5C6CCC5CC(N)C6)cnc34)c(Cl)c2n1.Cl. The number of H-pyrrole nitrogens is 1. The van der Waals surface area contributed by atoms with Crippen molar-refractivity contribution in [2.24, 2.45) is 5.73 Å². The summed E-state index contributed by atoms with van der Waals surface area (Å²) in [6.07, 6.45) is 9.73. The van der Waals surface area contributed by atoms with Crippen molar-refractivity contribution in [1.82, 2.24) is 24.9 Å². The average Bonchev–Trinajstić information content (AvgIpc) is 3.32. The molecule has 0 saturated carbocycles. The highest BCUT2D eigenvalue weighted by Gasteiger charge is 2.40. The van der Waals surface area contributed by atoms with Crippen LogP contribution in [0.5, 0.6) is 5.88 Å². The lowest BCUT2D eigenvalue weighted by atomic mass is 9.98. The molecular weight excluding hydrogens is 449 g/mol. The summed E-state index contributed by atoms with van der Waals surface area (Å²) in [7, 11) is 1.56. The predicted molar refractivity (Wildman–Crippen MR) is 128 cm³/mol. The summed E-state index contributed by atoms with van der Waals surface area (Å²) >= 11 is 6.74. The van der Waals surface area contributed by atoms with E-state index in [2.05, 4.69) is 19.9 Å². The van der Waals surface area contributed by atoms with Gasteiger partial charge in [0.15, 0.2) is 5.65 Å². The lowest BCUT2D eigenvalue weighted by Gasteiger charge is -2.38. The number of hydrogen-bond acceptors (Lipinski definition) is 7. The monoisotopic (exact) mass is 471 g/mol. The number of aromatic nitrogens is 5. The fourth-order valence-electron chi connectivity index (χ4n) is 5.14. The lowest BCUT2D eigenvalue weighted by Crippen LogP contribution is -2.47. The van der Waals surface area contributed by atoms with Gasteiger partial charge in [-0.3, -0.25) is 0 Å². The number of nitrogens with two attached hydrogens (primary N) is 1. The molecule has 0 amide bonds. The zero-order chi connectivity index (χ0) is 21.1. The summed E-state index contributed by atoms with van der Waals surface area (Å²) in [5, 5.41) is 0.513. The van der Waals surface area contributed by atoms with Gasteiger partial charge in [-0.05, 0) is 31.7 Å². The zero-order valence-electron chi connectivity index (χ0n) is 17.5. The van der Waals surface area contributed by atoms with Crippen LogP contribution in [0.2, 0.25) is 5.02 Å². The van der Waals surface area contributed by atoms with E-state index < -0.39 is 0 Å². The Morgan fingerprint density at radius 3 is 2.59 bits per heavy atom. The quantitative estimate of drug-likeness (QED) is 0.462. The molecule has 2 aliphatic heterocycles. The number of piperidine rings is 1. The van der Waals surface area contributed by atoms with E-state index in [0.29, 0.717) is 40.1 Å². The van der Waals surface area contributed by atoms with Crippen molar-refractivity contribution < 1.29 is 4.74 Å². The summed E-state index contributed by atoms with van der Waals surface area (Å²) < 4.78 is 5.20. The van der Waals surface area contributed by atoms with E-state index in [-0.39, 0.29) is 12.4 Å². The van der Waals surface area contributed by atoms with Crippen LogP contribution in [-0.4, -0.2) is 50.2 Å². The molecule has 0 aliphatic carbocycles. The van der Waals surface area contributed by atoms with Gasteiger partial charge in [-0.25, -0.2) is 19.9 Å². The molecule has 0 radical (unpaired) electrons. The second-order valence-corrected chi connectivity index (χ2v) is 8.74. The Labute approximate surface area is 196 Å². The van der Waals surface area contributed by atoms with E-state index in [1.807, 2.05) is 24.5 Å². The maximum absolute atomic E-state index is 6.74. The fraction of sp³-hybridized carbons (Fsp3) is 0.364. The van der Waals surface area contributed by atoms with Gasteiger partial charge in [0.2, 0.25) is 5.88 Å². The molecule has 1 aromatic carbocycles. The van der Waals surface area contributed by atoms with Gasteiger partial charge in [0.05, 0.1) is 30.0 Å². The molecule has 2 bridgehead atoms. The molecule has 10 heteroatoms. The van der Waals surface area contributed by atoms with Crippen molar-refractivity contribution in [3.8, 4) is 17.0 Å². The van der Waals surface area contributed by atoms with Crippen LogP contribution in [0.4, 0.5) is 5.82 Å². The number of fused-ring (bicyclic) bond motifs is 4. The molecule has 2 saturated heterocycles. The maximum atomic E-state index is 6.74. The Hall–Kier alpha value is -2.68. The van der Waals surface area contributed by atoms with Crippen LogP contribution in [0.3, 0.4) is 0 Å². The van der Waals surface area contributed by atoms with Crippen LogP contribution in [0.25, 0.3) is 33.3 Å². The summed E-state index contributed by atoms with van der Waals surface area (Å²) in [4.78, 5) is 24.2. The van der Waals surface area contributed by atoms with Crippen LogP contribution in [0.1, 0.15) is 25.7 Å². The number of hydrogen-bond donors (Lipinski definition) is 2. The molecule has 166 valence electrons. The second-order valence-electron chi connectivity index (χ2n) is 8.36. The molecule has 2 unspecified atom stereocenters. The highest BCUT2D eigenvalue weighted by Crippen LogP contribution is 2.40. The summed E-state index contributed by atoms with van der Waals surface area (Å²) in [5.74, 6) is 1.34. The number of ether oxygens (including phenoxy) is 1. The molecule has 4 aromatic rings. The van der Waals surface area contributed by atoms with Gasteiger partial charge in [0, 0.05) is 35.4 Å². The highest BCUT2D eigenvalue weighted by atomic mass is 35.5. The molecular formula is C22H23Cl2N7O. The van der Waals surface area contributed by atoms with Gasteiger partial charge in [-0.1, -0.05) is 17.7 Å². The molecule has 3 N–H and O–H groups in total. The molecule has 5 heterocycles. The van der Waals surface area contributed by atoms with E-state index in [4.69, 9.17) is 32.0 Å². The van der Waals surface area contributed by atoms with Crippen LogP contribution in [-0.2, 0) is 0 Å². The average molecular weight is 472 g/mol. The molecule has 2 aliphatic rings. The lowest BCUT2D eigenvalue weighted by molar-refractivity contribution is 0.397. The van der Waals surface area contributed by atoms with E-state index in [1.54, 1.807) is 13.3 Å². The summed E-state index contributed by atoms with van der Waals surface area (Å²) in [6, 6.07) is 5.05. The number of methoxy groups -OCH3 is 1. The minimum Gasteiger partial charge on any atom is -0.480 e. The van der Waals surface area contributed by atoms with Gasteiger partial charge < -0.3 is 20.4 Å². The first kappa shape index (κ1) is 21.2. The third kappa shape index (κ3) is 3.25. The molecule has 2 atom stereocenters. The molecule has 8 nitrogen and oxygen atoms in total. The largest absolute Gasteiger partial charge is 0.480 e. The topological polar surface area (TPSA) is 106 Å². The van der Waals surface area contributed by atoms with E-state index in [0.717, 1.165) is 41.0 Å². The van der Waals surface area contributed by atoms with Crippen molar-refractivity contribution in [2.45, 2.75) is 43.8 Å². The molecule has 32 heavy (non-hydrogen) atoms. The number of nitrogens with one attached hydrogen (secondary N) is 1. The highest BCUT2D eigenvalue weighted by molar-refractivity contribution is 6.38. The van der Waals surface area contributed by atoms with Gasteiger partial charge in [-0.15, -0.1) is 12.4 Å². The summed E-state index contributed by atoms with van der Waals surface area (Å²) in [6.45, 7) is 0. The first-order valence-electron chi connectivity index (χ1n) is 10.5. The van der Waals surface area contributed by atoms with Gasteiger partial charge in [0.25, 0.3) is 0 Å². The van der Waals surface area contributed by atoms with Gasteiger partial charge >= 0.3 is 0 Å². The summed E-state index contributed by atoms with van der Waals surface area (Å²) in [5.41, 5.74) is 10.8. The number of nitrogens with zero attached hydrogens (tertiary/aromatic N) is 5. The van der Waals surface area contributed by atoms with Gasteiger partial charge in [-0.2, -0.15) is 0 Å². The number of rotatable bonds is 3. The zero-order valence-corrected chi connectivity index (χ0v) is 19.0. The van der Waals surface area contributed by atoms with Crippen molar-refractivity contribution in [2.75, 3.05) is 12.0 Å². The number of benzene rings is 1. The Balaban J connectivity index is 0.00000216. The van der Waals surface area contributed by atoms with E-state index in [9.17, 15) is 0 Å². The fourth-order valence-corrected chi connectivity index (χ4v) is 5.45. The first-order valence-corrected chi connectivity index (χ1v) is 10.9. The Morgan fingerprint density at radius 1 is 1.06 bits per heavy atom. The molecule has 2 fully saturated rings. The Kier molecular flexibility index (Phi) is 5.31. The molecule has 0 spiro atoms. The minimum atomic E-state index is 0. The van der Waals surface area contributed by atoms with Crippen molar-refractivity contribution in [3.05, 3.63) is 35.7 Å². The molecule has 3 aromatic heterocycles.